The standard InChI is InChI=1S/C6H8O7.IO3.K/c7-3(8)1-6(13,5(11)12)2-4(9)10;2-1(3)4;/h13H,1-2H2,(H,7,8)(H,9,10)(H,11,12);;/q;-1;+1. The van der Waals surface area contributed by atoms with E-state index in [-0.39, 0.29) is 51.4 Å². The first-order valence-electron chi connectivity index (χ1n) is 3.63. The summed E-state index contributed by atoms with van der Waals surface area (Å²) in [4.78, 5) is 30.5. The van der Waals surface area contributed by atoms with Crippen LogP contribution in [0.25, 0.3) is 0 Å². The zero-order valence-corrected chi connectivity index (χ0v) is 14.3. The van der Waals surface area contributed by atoms with Crippen molar-refractivity contribution in [2.45, 2.75) is 18.4 Å². The summed E-state index contributed by atoms with van der Waals surface area (Å²) in [5.41, 5.74) is -2.74. The second kappa shape index (κ2) is 11.4. The Morgan fingerprint density at radius 1 is 0.944 bits per heavy atom. The second-order valence-corrected chi connectivity index (χ2v) is 3.75. The molecule has 0 unspecified atom stereocenters. The maximum absolute atomic E-state index is 10.3. The Balaban J connectivity index is -0.000000392. The van der Waals surface area contributed by atoms with Crippen molar-refractivity contribution < 1.29 is 118 Å². The van der Waals surface area contributed by atoms with Gasteiger partial charge in [0.25, 0.3) is 21.1 Å². The van der Waals surface area contributed by atoms with Crippen molar-refractivity contribution in [3.63, 3.8) is 0 Å². The molecular formula is C6H8IKO10. The van der Waals surface area contributed by atoms with Crippen LogP contribution in [-0.4, -0.2) is 43.9 Å². The quantitative estimate of drug-likeness (QED) is 0.251. The largest absolute Gasteiger partial charge is 1.00 e. The van der Waals surface area contributed by atoms with E-state index in [1.807, 2.05) is 0 Å². The van der Waals surface area contributed by atoms with Gasteiger partial charge in [-0.15, -0.1) is 0 Å². The molecule has 0 heterocycles. The molecule has 0 atom stereocenters. The Morgan fingerprint density at radius 3 is 1.28 bits per heavy atom. The van der Waals surface area contributed by atoms with Crippen LogP contribution in [0.2, 0.25) is 0 Å². The van der Waals surface area contributed by atoms with Gasteiger partial charge in [0.2, 0.25) is 0 Å². The van der Waals surface area contributed by atoms with Crippen molar-refractivity contribution >= 4 is 17.9 Å². The molecule has 0 aromatic heterocycles. The number of aliphatic hydroxyl groups is 1. The molecule has 12 heteroatoms. The van der Waals surface area contributed by atoms with Crippen molar-refractivity contribution in [2.24, 2.45) is 0 Å². The van der Waals surface area contributed by atoms with Crippen LogP contribution in [0.1, 0.15) is 12.8 Å². The third kappa shape index (κ3) is 14.7. The molecule has 4 N–H and O–H groups in total. The summed E-state index contributed by atoms with van der Waals surface area (Å²) < 4.78 is 25.7. The van der Waals surface area contributed by atoms with Crippen molar-refractivity contribution in [2.75, 3.05) is 0 Å². The SMILES string of the molecule is O=C(O)CC(O)(CC(=O)O)C(=O)O.[K+].[O-][I+2]([O-])[O-]. The molecular weight excluding hydrogens is 398 g/mol. The molecule has 0 aromatic rings. The molecule has 0 rings (SSSR count). The Morgan fingerprint density at radius 2 is 1.17 bits per heavy atom. The zero-order valence-electron chi connectivity index (χ0n) is 9.03. The van der Waals surface area contributed by atoms with Crippen LogP contribution < -0.4 is 82.8 Å². The van der Waals surface area contributed by atoms with Crippen LogP contribution in [0.15, 0.2) is 0 Å². The maximum Gasteiger partial charge on any atom is 1.00 e. The number of rotatable bonds is 5. The summed E-state index contributed by atoms with van der Waals surface area (Å²) in [6.07, 6.45) is -2.29. The Hall–Kier alpha value is 0.616. The van der Waals surface area contributed by atoms with Gasteiger partial charge in [-0.2, -0.15) is 0 Å². The van der Waals surface area contributed by atoms with E-state index < -0.39 is 57.4 Å². The second-order valence-electron chi connectivity index (χ2n) is 2.67. The Kier molecular flexibility index (Phi) is 15.1. The fourth-order valence-electron chi connectivity index (χ4n) is 0.714. The topological polar surface area (TPSA) is 201 Å². The number of aliphatic carboxylic acids is 3. The average Bonchev–Trinajstić information content (AvgIpc) is 1.98. The average molecular weight is 406 g/mol. The van der Waals surface area contributed by atoms with Crippen LogP contribution in [0.3, 0.4) is 0 Å². The molecule has 100 valence electrons. The molecule has 0 aliphatic heterocycles. The number of hydrogen-bond donors (Lipinski definition) is 4. The number of halogens is 1. The van der Waals surface area contributed by atoms with Crippen LogP contribution in [0, 0.1) is 0 Å². The summed E-state index contributed by atoms with van der Waals surface area (Å²) in [5.74, 6) is -5.02. The van der Waals surface area contributed by atoms with Crippen LogP contribution in [0.5, 0.6) is 0 Å². The van der Waals surface area contributed by atoms with Gasteiger partial charge in [0, 0.05) is 0 Å². The van der Waals surface area contributed by atoms with Crippen LogP contribution in [0.4, 0.5) is 0 Å². The molecule has 0 bridgehead atoms. The Bertz CT molecular complexity index is 273. The first-order valence-corrected chi connectivity index (χ1v) is 6.28. The van der Waals surface area contributed by atoms with E-state index in [9.17, 15) is 14.4 Å². The third-order valence-electron chi connectivity index (χ3n) is 1.29. The number of carboxylic acids is 3. The van der Waals surface area contributed by atoms with Gasteiger partial charge < -0.3 is 30.7 Å². The van der Waals surface area contributed by atoms with Gasteiger partial charge in [0.15, 0.2) is 5.60 Å². The maximum atomic E-state index is 10.3. The van der Waals surface area contributed by atoms with Gasteiger partial charge in [-0.05, 0) is 0 Å². The summed E-state index contributed by atoms with van der Waals surface area (Å²) >= 11 is -4.01. The van der Waals surface area contributed by atoms with Crippen molar-refractivity contribution in [3.8, 4) is 0 Å². The molecule has 0 saturated heterocycles. The molecule has 0 aliphatic carbocycles. The minimum Gasteiger partial charge on any atom is -0.481 e. The van der Waals surface area contributed by atoms with Crippen LogP contribution in [-0.2, 0) is 14.4 Å². The van der Waals surface area contributed by atoms with Gasteiger partial charge in [-0.25, -0.2) is 4.79 Å². The normalized spacial score (nSPS) is 9.83. The van der Waals surface area contributed by atoms with E-state index in [1.165, 1.54) is 0 Å². The number of carbonyl (C=O) groups is 3. The van der Waals surface area contributed by atoms with E-state index in [2.05, 4.69) is 0 Å². The van der Waals surface area contributed by atoms with Gasteiger partial charge >= 0.3 is 69.3 Å². The van der Waals surface area contributed by atoms with Gasteiger partial charge in [0.05, 0.1) is 12.8 Å². The fourth-order valence-corrected chi connectivity index (χ4v) is 0.714. The molecule has 0 amide bonds. The minimum atomic E-state index is -4.01. The third-order valence-corrected chi connectivity index (χ3v) is 1.29. The van der Waals surface area contributed by atoms with E-state index in [0.29, 0.717) is 0 Å². The van der Waals surface area contributed by atoms with E-state index >= 15 is 0 Å². The van der Waals surface area contributed by atoms with E-state index in [1.54, 1.807) is 0 Å². The van der Waals surface area contributed by atoms with Crippen molar-refractivity contribution in [3.05, 3.63) is 0 Å². The minimum absolute atomic E-state index is 0. The fraction of sp³-hybridized carbons (Fsp3) is 0.500. The predicted molar refractivity (Wildman–Crippen MR) is 37.1 cm³/mol. The summed E-state index contributed by atoms with van der Waals surface area (Å²) in [6, 6.07) is 0. The Labute approximate surface area is 152 Å². The first kappa shape index (κ1) is 23.7. The summed E-state index contributed by atoms with van der Waals surface area (Å²) in [6.45, 7) is 0. The molecule has 0 aliphatic rings. The molecule has 18 heavy (non-hydrogen) atoms. The molecule has 0 spiro atoms. The smallest absolute Gasteiger partial charge is 0.481 e. The molecule has 10 nitrogen and oxygen atoms in total. The number of hydrogen-bond acceptors (Lipinski definition) is 7. The molecule has 0 radical (unpaired) electrons. The molecule has 0 saturated carbocycles. The zero-order chi connectivity index (χ0) is 14.2. The predicted octanol–water partition coefficient (Wildman–Crippen LogP) is -10.8. The van der Waals surface area contributed by atoms with Gasteiger partial charge in [-0.3, -0.25) is 9.59 Å². The van der Waals surface area contributed by atoms with Crippen molar-refractivity contribution in [1.29, 1.82) is 0 Å². The van der Waals surface area contributed by atoms with E-state index in [4.69, 9.17) is 30.7 Å². The van der Waals surface area contributed by atoms with Crippen LogP contribution >= 0.6 is 0 Å². The van der Waals surface area contributed by atoms with Gasteiger partial charge in [0.1, 0.15) is 0 Å². The van der Waals surface area contributed by atoms with Gasteiger partial charge in [-0.1, -0.05) is 0 Å². The molecule has 0 fully saturated rings. The first-order chi connectivity index (χ1) is 7.51. The van der Waals surface area contributed by atoms with Crippen molar-refractivity contribution in [1.82, 2.24) is 0 Å². The summed E-state index contributed by atoms with van der Waals surface area (Å²) in [5, 5.41) is 33.8. The summed E-state index contributed by atoms with van der Waals surface area (Å²) in [7, 11) is 0. The van der Waals surface area contributed by atoms with E-state index in [0.717, 1.165) is 0 Å². The monoisotopic (exact) mass is 406 g/mol. The molecule has 0 aromatic carbocycles. The number of carboxylic acid groups (broad SMARTS) is 3.